The molecule has 0 bridgehead atoms. The van der Waals surface area contributed by atoms with E-state index in [1.165, 1.54) is 6.07 Å². The van der Waals surface area contributed by atoms with Gasteiger partial charge in [0.15, 0.2) is 0 Å². The average molecular weight is 371 g/mol. The molecule has 0 heterocycles. The smallest absolute Gasteiger partial charge is 0.242 e. The number of anilines is 1. The molecule has 0 aromatic heterocycles. The molecule has 0 amide bonds. The third-order valence-electron chi connectivity index (χ3n) is 2.87. The molecule has 0 aliphatic carbocycles. The van der Waals surface area contributed by atoms with Crippen LogP contribution in [0.15, 0.2) is 51.8 Å². The van der Waals surface area contributed by atoms with Gasteiger partial charge in [0.25, 0.3) is 0 Å². The highest BCUT2D eigenvalue weighted by molar-refractivity contribution is 9.10. The molecule has 0 aliphatic heterocycles. The summed E-state index contributed by atoms with van der Waals surface area (Å²) in [5, 5.41) is 0. The molecule has 3 N–H and O–H groups in total. The van der Waals surface area contributed by atoms with E-state index in [1.54, 1.807) is 37.4 Å². The maximum atomic E-state index is 12.3. The fourth-order valence-electron chi connectivity index (χ4n) is 1.78. The van der Waals surface area contributed by atoms with Gasteiger partial charge < -0.3 is 10.5 Å². The highest BCUT2D eigenvalue weighted by Gasteiger charge is 2.17. The third-order valence-corrected chi connectivity index (χ3v) is 4.82. The molecular weight excluding hydrogens is 356 g/mol. The molecule has 2 aromatic carbocycles. The monoisotopic (exact) mass is 370 g/mol. The number of sulfonamides is 1. The van der Waals surface area contributed by atoms with Gasteiger partial charge in [0.1, 0.15) is 10.6 Å². The van der Waals surface area contributed by atoms with Crippen LogP contribution in [0.25, 0.3) is 0 Å². The molecule has 2 aromatic rings. The number of nitrogens with one attached hydrogen (secondary N) is 1. The number of methoxy groups -OCH3 is 1. The Hall–Kier alpha value is -1.57. The summed E-state index contributed by atoms with van der Waals surface area (Å²) in [4.78, 5) is 0.0553. The maximum Gasteiger partial charge on any atom is 0.242 e. The van der Waals surface area contributed by atoms with Crippen molar-refractivity contribution in [3.63, 3.8) is 0 Å². The van der Waals surface area contributed by atoms with Crippen molar-refractivity contribution in [1.29, 1.82) is 0 Å². The second-order valence-electron chi connectivity index (χ2n) is 4.36. The average Bonchev–Trinajstić information content (AvgIpc) is 2.48. The summed E-state index contributed by atoms with van der Waals surface area (Å²) in [6, 6.07) is 11.9. The molecule has 2 rings (SSSR count). The zero-order chi connectivity index (χ0) is 15.5. The predicted octanol–water partition coefficient (Wildman–Crippen LogP) is 2.52. The summed E-state index contributed by atoms with van der Waals surface area (Å²) in [5.41, 5.74) is 6.73. The van der Waals surface area contributed by atoms with Gasteiger partial charge >= 0.3 is 0 Å². The number of nitrogen functional groups attached to an aromatic ring is 1. The number of hydrogen-bond acceptors (Lipinski definition) is 4. The first-order chi connectivity index (χ1) is 9.92. The van der Waals surface area contributed by atoms with E-state index in [9.17, 15) is 8.42 Å². The molecule has 0 saturated carbocycles. The van der Waals surface area contributed by atoms with Crippen LogP contribution in [0.4, 0.5) is 5.69 Å². The molecule has 0 unspecified atom stereocenters. The van der Waals surface area contributed by atoms with Crippen LogP contribution in [0.3, 0.4) is 0 Å². The Bertz CT molecular complexity index is 748. The molecule has 21 heavy (non-hydrogen) atoms. The first-order valence-electron chi connectivity index (χ1n) is 6.10. The van der Waals surface area contributed by atoms with Gasteiger partial charge in [-0.1, -0.05) is 28.1 Å². The Morgan fingerprint density at radius 2 is 2.00 bits per heavy atom. The fraction of sp³-hybridized carbons (Fsp3) is 0.143. The molecule has 0 saturated heterocycles. The van der Waals surface area contributed by atoms with E-state index in [2.05, 4.69) is 20.7 Å². The molecule has 7 heteroatoms. The Kier molecular flexibility index (Phi) is 4.87. The molecule has 0 atom stereocenters. The molecule has 0 aliphatic rings. The summed E-state index contributed by atoms with van der Waals surface area (Å²) in [7, 11) is -2.12. The van der Waals surface area contributed by atoms with Crippen LogP contribution in [0.5, 0.6) is 5.75 Å². The number of ether oxygens (including phenoxy) is 1. The molecular formula is C14H15BrN2O3S. The minimum absolute atomic E-state index is 0.0553. The SMILES string of the molecule is COc1cccc(CNS(=O)(=O)c2cc(Br)ccc2N)c1. The first-order valence-corrected chi connectivity index (χ1v) is 8.37. The summed E-state index contributed by atoms with van der Waals surface area (Å²) in [5.74, 6) is 0.675. The van der Waals surface area contributed by atoms with E-state index in [0.29, 0.717) is 10.2 Å². The van der Waals surface area contributed by atoms with Crippen molar-refractivity contribution in [3.8, 4) is 5.75 Å². The second kappa shape index (κ2) is 6.46. The summed E-state index contributed by atoms with van der Waals surface area (Å²) >= 11 is 3.24. The van der Waals surface area contributed by atoms with E-state index >= 15 is 0 Å². The van der Waals surface area contributed by atoms with Gasteiger partial charge in [-0.15, -0.1) is 0 Å². The molecule has 0 radical (unpaired) electrons. The Morgan fingerprint density at radius 1 is 1.24 bits per heavy atom. The first kappa shape index (κ1) is 15.8. The molecule has 112 valence electrons. The summed E-state index contributed by atoms with van der Waals surface area (Å²) in [6.07, 6.45) is 0. The third kappa shape index (κ3) is 3.96. The predicted molar refractivity (Wildman–Crippen MR) is 85.6 cm³/mol. The lowest BCUT2D eigenvalue weighted by Crippen LogP contribution is -2.24. The van der Waals surface area contributed by atoms with Gasteiger partial charge in [-0.2, -0.15) is 0 Å². The lowest BCUT2D eigenvalue weighted by Gasteiger charge is -2.10. The Balaban J connectivity index is 2.19. The molecule has 5 nitrogen and oxygen atoms in total. The van der Waals surface area contributed by atoms with Crippen LogP contribution in [-0.2, 0) is 16.6 Å². The maximum absolute atomic E-state index is 12.3. The number of benzene rings is 2. The standard InChI is InChI=1S/C14H15BrN2O3S/c1-20-12-4-2-3-10(7-12)9-17-21(18,19)14-8-11(15)5-6-13(14)16/h2-8,17H,9,16H2,1H3. The number of rotatable bonds is 5. The van der Waals surface area contributed by atoms with Crippen molar-refractivity contribution < 1.29 is 13.2 Å². The van der Waals surface area contributed by atoms with Crippen molar-refractivity contribution in [2.24, 2.45) is 0 Å². The zero-order valence-electron chi connectivity index (χ0n) is 11.3. The van der Waals surface area contributed by atoms with Gasteiger partial charge in [0, 0.05) is 11.0 Å². The van der Waals surface area contributed by atoms with Gasteiger partial charge in [-0.05, 0) is 35.9 Å². The quantitative estimate of drug-likeness (QED) is 0.792. The minimum Gasteiger partial charge on any atom is -0.497 e. The molecule has 0 spiro atoms. The van der Waals surface area contributed by atoms with Gasteiger partial charge in [0.05, 0.1) is 12.8 Å². The van der Waals surface area contributed by atoms with Crippen LogP contribution < -0.4 is 15.2 Å². The fourth-order valence-corrected chi connectivity index (χ4v) is 3.46. The van der Waals surface area contributed by atoms with Crippen molar-refractivity contribution >= 4 is 31.6 Å². The number of nitrogens with two attached hydrogens (primary N) is 1. The van der Waals surface area contributed by atoms with E-state index < -0.39 is 10.0 Å². The van der Waals surface area contributed by atoms with Crippen LogP contribution in [0, 0.1) is 0 Å². The second-order valence-corrected chi connectivity index (χ2v) is 7.01. The van der Waals surface area contributed by atoms with E-state index in [1.807, 2.05) is 6.07 Å². The number of hydrogen-bond donors (Lipinski definition) is 2. The Labute approximate surface area is 132 Å². The molecule has 0 fully saturated rings. The van der Waals surface area contributed by atoms with Crippen LogP contribution in [0.2, 0.25) is 0 Å². The zero-order valence-corrected chi connectivity index (χ0v) is 13.7. The van der Waals surface area contributed by atoms with Crippen LogP contribution in [-0.4, -0.2) is 15.5 Å². The normalized spacial score (nSPS) is 11.3. The van der Waals surface area contributed by atoms with Gasteiger partial charge in [0.2, 0.25) is 10.0 Å². The highest BCUT2D eigenvalue weighted by Crippen LogP contribution is 2.23. The van der Waals surface area contributed by atoms with Crippen LogP contribution in [0.1, 0.15) is 5.56 Å². The topological polar surface area (TPSA) is 81.4 Å². The van der Waals surface area contributed by atoms with Crippen molar-refractivity contribution in [2.75, 3.05) is 12.8 Å². The van der Waals surface area contributed by atoms with Crippen molar-refractivity contribution in [2.45, 2.75) is 11.4 Å². The van der Waals surface area contributed by atoms with Crippen molar-refractivity contribution in [1.82, 2.24) is 4.72 Å². The van der Waals surface area contributed by atoms with Crippen LogP contribution >= 0.6 is 15.9 Å². The van der Waals surface area contributed by atoms with Gasteiger partial charge in [-0.25, -0.2) is 13.1 Å². The summed E-state index contributed by atoms with van der Waals surface area (Å²) < 4.78 is 32.9. The highest BCUT2D eigenvalue weighted by atomic mass is 79.9. The minimum atomic E-state index is -3.68. The Morgan fingerprint density at radius 3 is 2.71 bits per heavy atom. The lowest BCUT2D eigenvalue weighted by atomic mass is 10.2. The van der Waals surface area contributed by atoms with Gasteiger partial charge in [-0.3, -0.25) is 0 Å². The van der Waals surface area contributed by atoms with E-state index in [0.717, 1.165) is 5.56 Å². The largest absolute Gasteiger partial charge is 0.497 e. The number of halogens is 1. The van der Waals surface area contributed by atoms with E-state index in [4.69, 9.17) is 10.5 Å². The van der Waals surface area contributed by atoms with Crippen molar-refractivity contribution in [3.05, 3.63) is 52.5 Å². The lowest BCUT2D eigenvalue weighted by molar-refractivity contribution is 0.414. The van der Waals surface area contributed by atoms with E-state index in [-0.39, 0.29) is 17.1 Å². The summed E-state index contributed by atoms with van der Waals surface area (Å²) in [6.45, 7) is 0.158.